The Morgan fingerprint density at radius 2 is 2.04 bits per heavy atom. The summed E-state index contributed by atoms with van der Waals surface area (Å²) in [6.07, 6.45) is 3.48. The number of nitrogens with one attached hydrogen (secondary N) is 1. The third-order valence-corrected chi connectivity index (χ3v) is 4.73. The van der Waals surface area contributed by atoms with Crippen molar-refractivity contribution in [3.8, 4) is 5.75 Å². The monoisotopic (exact) mass is 363 g/mol. The van der Waals surface area contributed by atoms with Crippen LogP contribution >= 0.6 is 0 Å². The maximum atomic E-state index is 13.0. The molecule has 1 aromatic carbocycles. The number of hydrogen-bond donors (Lipinski definition) is 1. The van der Waals surface area contributed by atoms with Gasteiger partial charge >= 0.3 is 5.97 Å². The second kappa shape index (κ2) is 9.03. The number of amides is 1. The molecule has 1 fully saturated rings. The number of benzene rings is 1. The van der Waals surface area contributed by atoms with Gasteiger partial charge in [0.1, 0.15) is 16.9 Å². The quantitative estimate of drug-likeness (QED) is 0.746. The van der Waals surface area contributed by atoms with Crippen LogP contribution in [-0.2, 0) is 14.3 Å². The molecule has 0 saturated heterocycles. The van der Waals surface area contributed by atoms with E-state index in [-0.39, 0.29) is 11.5 Å². The van der Waals surface area contributed by atoms with Crippen LogP contribution < -0.4 is 10.1 Å². The van der Waals surface area contributed by atoms with E-state index in [0.29, 0.717) is 43.4 Å². The molecule has 0 radical (unpaired) electrons. The van der Waals surface area contributed by atoms with Gasteiger partial charge in [-0.2, -0.15) is 0 Å². The Hall–Kier alpha value is -2.08. The smallest absolute Gasteiger partial charge is 0.341 e. The average molecular weight is 363 g/mol. The van der Waals surface area contributed by atoms with Crippen LogP contribution in [0, 0.1) is 5.92 Å². The normalized spacial score (nSPS) is 22.5. The van der Waals surface area contributed by atoms with Gasteiger partial charge in [0.15, 0.2) is 0 Å². The SMILES string of the molecule is CCOc1ccc(NC(=O)[C@@]2(OCC)CCC[C@@H](C)C2)cc1C(=O)OC. The third kappa shape index (κ3) is 4.55. The Kier molecular flexibility index (Phi) is 7.03. The summed E-state index contributed by atoms with van der Waals surface area (Å²) in [5, 5.41) is 2.92. The van der Waals surface area contributed by atoms with Crippen LogP contribution in [0.2, 0.25) is 0 Å². The number of ether oxygens (including phenoxy) is 3. The summed E-state index contributed by atoms with van der Waals surface area (Å²) >= 11 is 0. The van der Waals surface area contributed by atoms with Crippen molar-refractivity contribution in [2.24, 2.45) is 5.92 Å². The van der Waals surface area contributed by atoms with Gasteiger partial charge in [-0.1, -0.05) is 13.3 Å². The van der Waals surface area contributed by atoms with Crippen molar-refractivity contribution >= 4 is 17.6 Å². The van der Waals surface area contributed by atoms with E-state index in [1.807, 2.05) is 13.8 Å². The van der Waals surface area contributed by atoms with Crippen molar-refractivity contribution in [2.75, 3.05) is 25.6 Å². The molecule has 0 bridgehead atoms. The van der Waals surface area contributed by atoms with E-state index in [4.69, 9.17) is 14.2 Å². The van der Waals surface area contributed by atoms with Crippen LogP contribution in [0.1, 0.15) is 56.8 Å². The molecule has 0 spiro atoms. The molecule has 1 N–H and O–H groups in total. The Morgan fingerprint density at radius 1 is 1.27 bits per heavy atom. The number of carbonyl (C=O) groups is 2. The molecule has 144 valence electrons. The lowest BCUT2D eigenvalue weighted by Gasteiger charge is -2.38. The van der Waals surface area contributed by atoms with Gasteiger partial charge in [-0.05, 0) is 57.2 Å². The molecule has 26 heavy (non-hydrogen) atoms. The zero-order valence-electron chi connectivity index (χ0n) is 16.1. The van der Waals surface area contributed by atoms with Gasteiger partial charge in [0.05, 0.1) is 13.7 Å². The minimum Gasteiger partial charge on any atom is -0.493 e. The molecule has 1 saturated carbocycles. The lowest BCUT2D eigenvalue weighted by molar-refractivity contribution is -0.147. The van der Waals surface area contributed by atoms with Gasteiger partial charge < -0.3 is 19.5 Å². The molecular weight excluding hydrogens is 334 g/mol. The molecule has 1 aliphatic rings. The summed E-state index contributed by atoms with van der Waals surface area (Å²) in [6.45, 7) is 6.80. The molecule has 0 unspecified atom stereocenters. The highest BCUT2D eigenvalue weighted by Crippen LogP contribution is 2.36. The first-order valence-electron chi connectivity index (χ1n) is 9.26. The fourth-order valence-electron chi connectivity index (χ4n) is 3.59. The first-order valence-corrected chi connectivity index (χ1v) is 9.26. The van der Waals surface area contributed by atoms with E-state index < -0.39 is 11.6 Å². The number of carbonyl (C=O) groups excluding carboxylic acids is 2. The topological polar surface area (TPSA) is 73.9 Å². The molecule has 6 nitrogen and oxygen atoms in total. The Morgan fingerprint density at radius 3 is 2.65 bits per heavy atom. The maximum absolute atomic E-state index is 13.0. The average Bonchev–Trinajstić information content (AvgIpc) is 2.62. The van der Waals surface area contributed by atoms with E-state index in [1.165, 1.54) is 7.11 Å². The lowest BCUT2D eigenvalue weighted by Crippen LogP contribution is -2.48. The number of methoxy groups -OCH3 is 1. The van der Waals surface area contributed by atoms with Crippen molar-refractivity contribution in [2.45, 2.75) is 52.1 Å². The molecule has 6 heteroatoms. The summed E-state index contributed by atoms with van der Waals surface area (Å²) in [6, 6.07) is 4.98. The van der Waals surface area contributed by atoms with E-state index in [9.17, 15) is 9.59 Å². The molecule has 2 rings (SSSR count). The number of esters is 1. The maximum Gasteiger partial charge on any atom is 0.341 e. The van der Waals surface area contributed by atoms with Crippen LogP contribution in [0.4, 0.5) is 5.69 Å². The predicted octanol–water partition coefficient (Wildman–Crippen LogP) is 3.80. The Bertz CT molecular complexity index is 641. The van der Waals surface area contributed by atoms with Crippen molar-refractivity contribution in [1.82, 2.24) is 0 Å². The summed E-state index contributed by atoms with van der Waals surface area (Å²) in [4.78, 5) is 25.0. The van der Waals surface area contributed by atoms with Gasteiger partial charge in [0.2, 0.25) is 0 Å². The molecule has 1 aliphatic carbocycles. The van der Waals surface area contributed by atoms with Crippen molar-refractivity contribution in [3.63, 3.8) is 0 Å². The van der Waals surface area contributed by atoms with E-state index in [2.05, 4.69) is 12.2 Å². The fraction of sp³-hybridized carbons (Fsp3) is 0.600. The van der Waals surface area contributed by atoms with Crippen LogP contribution in [0.5, 0.6) is 5.75 Å². The predicted molar refractivity (Wildman–Crippen MR) is 99.6 cm³/mol. The van der Waals surface area contributed by atoms with Crippen LogP contribution in [-0.4, -0.2) is 37.8 Å². The number of hydrogen-bond acceptors (Lipinski definition) is 5. The van der Waals surface area contributed by atoms with Crippen LogP contribution in [0.3, 0.4) is 0 Å². The minimum atomic E-state index is -0.809. The van der Waals surface area contributed by atoms with E-state index >= 15 is 0 Å². The minimum absolute atomic E-state index is 0.161. The van der Waals surface area contributed by atoms with Crippen molar-refractivity contribution in [3.05, 3.63) is 23.8 Å². The first-order chi connectivity index (χ1) is 12.5. The molecule has 2 atom stereocenters. The van der Waals surface area contributed by atoms with Gasteiger partial charge in [-0.25, -0.2) is 4.79 Å². The highest BCUT2D eigenvalue weighted by atomic mass is 16.5. The van der Waals surface area contributed by atoms with E-state index in [1.54, 1.807) is 18.2 Å². The fourth-order valence-corrected chi connectivity index (χ4v) is 3.59. The highest BCUT2D eigenvalue weighted by molar-refractivity contribution is 5.99. The zero-order valence-corrected chi connectivity index (χ0v) is 16.1. The summed E-state index contributed by atoms with van der Waals surface area (Å²) in [5.74, 6) is 0.205. The van der Waals surface area contributed by atoms with Gasteiger partial charge in [-0.15, -0.1) is 0 Å². The lowest BCUT2D eigenvalue weighted by atomic mass is 9.78. The summed E-state index contributed by atoms with van der Waals surface area (Å²) in [5.41, 5.74) is 0.00182. The van der Waals surface area contributed by atoms with Crippen molar-refractivity contribution < 1.29 is 23.8 Å². The van der Waals surface area contributed by atoms with E-state index in [0.717, 1.165) is 12.8 Å². The zero-order chi connectivity index (χ0) is 19.2. The van der Waals surface area contributed by atoms with Gasteiger partial charge in [-0.3, -0.25) is 4.79 Å². The standard InChI is InChI=1S/C20H29NO5/c1-5-25-17-10-9-15(12-16(17)18(22)24-4)21-19(23)20(26-6-2)11-7-8-14(3)13-20/h9-10,12,14H,5-8,11,13H2,1-4H3,(H,21,23)/t14-,20-/m1/s1. The molecular formula is C20H29NO5. The molecule has 0 heterocycles. The number of rotatable bonds is 7. The van der Waals surface area contributed by atoms with Crippen LogP contribution in [0.25, 0.3) is 0 Å². The second-order valence-corrected chi connectivity index (χ2v) is 6.72. The van der Waals surface area contributed by atoms with Gasteiger partial charge in [0, 0.05) is 12.3 Å². The van der Waals surface area contributed by atoms with Crippen LogP contribution in [0.15, 0.2) is 18.2 Å². The Balaban J connectivity index is 2.25. The molecule has 1 amide bonds. The molecule has 1 aromatic rings. The second-order valence-electron chi connectivity index (χ2n) is 6.72. The van der Waals surface area contributed by atoms with Crippen molar-refractivity contribution in [1.29, 1.82) is 0 Å². The summed E-state index contributed by atoms with van der Waals surface area (Å²) < 4.78 is 16.2. The Labute approximate surface area is 155 Å². The van der Waals surface area contributed by atoms with Gasteiger partial charge in [0.25, 0.3) is 5.91 Å². The largest absolute Gasteiger partial charge is 0.493 e. The third-order valence-electron chi connectivity index (χ3n) is 4.73. The first kappa shape index (κ1) is 20.2. The highest BCUT2D eigenvalue weighted by Gasteiger charge is 2.42. The molecule has 0 aromatic heterocycles. The number of anilines is 1. The molecule has 0 aliphatic heterocycles. The summed E-state index contributed by atoms with van der Waals surface area (Å²) in [7, 11) is 1.32.